The lowest BCUT2D eigenvalue weighted by molar-refractivity contribution is -0.135. The van der Waals surface area contributed by atoms with Gasteiger partial charge in [0.1, 0.15) is 0 Å². The zero-order chi connectivity index (χ0) is 12.3. The maximum absolute atomic E-state index is 12.4. The van der Waals surface area contributed by atoms with Crippen LogP contribution in [0.4, 0.5) is 0 Å². The summed E-state index contributed by atoms with van der Waals surface area (Å²) in [5.41, 5.74) is 0. The van der Waals surface area contributed by atoms with Crippen LogP contribution in [-0.2, 0) is 4.79 Å². The molecule has 2 atom stereocenters. The van der Waals surface area contributed by atoms with Gasteiger partial charge in [0.05, 0.1) is 6.04 Å². The van der Waals surface area contributed by atoms with Crippen LogP contribution in [-0.4, -0.2) is 61.5 Å². The molecule has 0 spiro atoms. The summed E-state index contributed by atoms with van der Waals surface area (Å²) < 4.78 is 0. The Hall–Kier alpha value is -0.610. The molecule has 4 nitrogen and oxygen atoms in total. The monoisotopic (exact) mass is 239 g/mol. The van der Waals surface area contributed by atoms with Crippen molar-refractivity contribution in [2.45, 2.75) is 44.2 Å². The molecule has 0 radical (unpaired) electrons. The van der Waals surface area contributed by atoms with Crippen molar-refractivity contribution in [2.24, 2.45) is 0 Å². The number of nitrogens with one attached hydrogen (secondary N) is 1. The Labute approximate surface area is 104 Å². The molecule has 2 saturated heterocycles. The molecule has 1 N–H and O–H groups in total. The fraction of sp³-hybridized carbons (Fsp3) is 0.923. The smallest absolute Gasteiger partial charge is 0.239 e. The van der Waals surface area contributed by atoms with Crippen molar-refractivity contribution in [3.63, 3.8) is 0 Å². The summed E-state index contributed by atoms with van der Waals surface area (Å²) in [7, 11) is 4.17. The van der Waals surface area contributed by atoms with Crippen LogP contribution >= 0.6 is 0 Å². The number of carbonyl (C=O) groups is 1. The van der Waals surface area contributed by atoms with E-state index in [1.807, 2.05) is 0 Å². The highest BCUT2D eigenvalue weighted by Gasteiger charge is 2.33. The summed E-state index contributed by atoms with van der Waals surface area (Å²) in [4.78, 5) is 16.7. The first kappa shape index (κ1) is 12.8. The average molecular weight is 239 g/mol. The molecule has 2 aliphatic heterocycles. The van der Waals surface area contributed by atoms with Crippen LogP contribution in [0.5, 0.6) is 0 Å². The molecule has 2 heterocycles. The molecule has 0 aliphatic carbocycles. The van der Waals surface area contributed by atoms with Crippen molar-refractivity contribution in [2.75, 3.05) is 33.7 Å². The van der Waals surface area contributed by atoms with Crippen LogP contribution in [0.15, 0.2) is 0 Å². The van der Waals surface area contributed by atoms with Gasteiger partial charge in [-0.3, -0.25) is 4.79 Å². The van der Waals surface area contributed by atoms with Crippen molar-refractivity contribution < 1.29 is 4.79 Å². The van der Waals surface area contributed by atoms with Crippen LogP contribution in [0.1, 0.15) is 32.1 Å². The largest absolute Gasteiger partial charge is 0.337 e. The zero-order valence-electron chi connectivity index (χ0n) is 11.1. The predicted molar refractivity (Wildman–Crippen MR) is 68.9 cm³/mol. The summed E-state index contributed by atoms with van der Waals surface area (Å²) >= 11 is 0. The van der Waals surface area contributed by atoms with E-state index >= 15 is 0 Å². The number of likely N-dealkylation sites (N-methyl/N-ethyl adjacent to an activating group) is 1. The molecular weight excluding hydrogens is 214 g/mol. The average Bonchev–Trinajstić information content (AvgIpc) is 2.76. The Morgan fingerprint density at radius 3 is 2.76 bits per heavy atom. The lowest BCUT2D eigenvalue weighted by atomic mass is 10.0. The van der Waals surface area contributed by atoms with Crippen molar-refractivity contribution in [3.8, 4) is 0 Å². The molecule has 0 aromatic rings. The molecule has 2 fully saturated rings. The van der Waals surface area contributed by atoms with Gasteiger partial charge in [-0.2, -0.15) is 0 Å². The van der Waals surface area contributed by atoms with Crippen LogP contribution in [0.25, 0.3) is 0 Å². The van der Waals surface area contributed by atoms with Crippen molar-refractivity contribution >= 4 is 5.91 Å². The summed E-state index contributed by atoms with van der Waals surface area (Å²) in [5.74, 6) is 0.342. The lowest BCUT2D eigenvalue weighted by Crippen LogP contribution is -2.51. The number of hydrogen-bond acceptors (Lipinski definition) is 3. The highest BCUT2D eigenvalue weighted by atomic mass is 16.2. The van der Waals surface area contributed by atoms with Crippen LogP contribution < -0.4 is 5.32 Å². The van der Waals surface area contributed by atoms with Crippen molar-refractivity contribution in [3.05, 3.63) is 0 Å². The van der Waals surface area contributed by atoms with Crippen molar-refractivity contribution in [1.29, 1.82) is 0 Å². The summed E-state index contributed by atoms with van der Waals surface area (Å²) in [6.45, 7) is 2.95. The minimum absolute atomic E-state index is 0.0894. The SMILES string of the molecule is CN(C)CC1CCCN1C(=O)C1CCCCN1. The second kappa shape index (κ2) is 5.83. The Morgan fingerprint density at radius 2 is 2.12 bits per heavy atom. The number of rotatable bonds is 3. The Bertz CT molecular complexity index is 261. The number of nitrogens with zero attached hydrogens (tertiary/aromatic N) is 2. The van der Waals surface area contributed by atoms with E-state index < -0.39 is 0 Å². The van der Waals surface area contributed by atoms with Gasteiger partial charge in [-0.25, -0.2) is 0 Å². The number of likely N-dealkylation sites (tertiary alicyclic amines) is 1. The second-order valence-electron chi connectivity index (χ2n) is 5.59. The maximum atomic E-state index is 12.4. The fourth-order valence-electron chi connectivity index (χ4n) is 3.00. The fourth-order valence-corrected chi connectivity index (χ4v) is 3.00. The van der Waals surface area contributed by atoms with E-state index in [1.54, 1.807) is 0 Å². The normalized spacial score (nSPS) is 29.9. The molecule has 0 aromatic heterocycles. The van der Waals surface area contributed by atoms with Gasteiger partial charge in [0.2, 0.25) is 5.91 Å². The molecule has 0 aromatic carbocycles. The Balaban J connectivity index is 1.92. The third kappa shape index (κ3) is 3.19. The molecule has 0 bridgehead atoms. The summed E-state index contributed by atoms with van der Waals surface area (Å²) in [5, 5.41) is 3.36. The topological polar surface area (TPSA) is 35.6 Å². The minimum Gasteiger partial charge on any atom is -0.337 e. The molecule has 98 valence electrons. The highest BCUT2D eigenvalue weighted by Crippen LogP contribution is 2.20. The van der Waals surface area contributed by atoms with Crippen LogP contribution in [0.2, 0.25) is 0 Å². The highest BCUT2D eigenvalue weighted by molar-refractivity contribution is 5.82. The van der Waals surface area contributed by atoms with Gasteiger partial charge in [-0.05, 0) is 46.3 Å². The lowest BCUT2D eigenvalue weighted by Gasteiger charge is -2.32. The standard InChI is InChI=1S/C13H25N3O/c1-15(2)10-11-6-5-9-16(11)13(17)12-7-3-4-8-14-12/h11-12,14H,3-10H2,1-2H3. The van der Waals surface area contributed by atoms with Gasteiger partial charge >= 0.3 is 0 Å². The van der Waals surface area contributed by atoms with E-state index in [-0.39, 0.29) is 6.04 Å². The first-order chi connectivity index (χ1) is 8.18. The number of hydrogen-bond donors (Lipinski definition) is 1. The number of piperidine rings is 1. The van der Waals surface area contributed by atoms with Crippen molar-refractivity contribution in [1.82, 2.24) is 15.1 Å². The Kier molecular flexibility index (Phi) is 4.40. The van der Waals surface area contributed by atoms with E-state index in [9.17, 15) is 4.79 Å². The molecular formula is C13H25N3O. The quantitative estimate of drug-likeness (QED) is 0.787. The van der Waals surface area contributed by atoms with E-state index in [2.05, 4.69) is 29.2 Å². The third-order valence-corrected chi connectivity index (χ3v) is 3.84. The maximum Gasteiger partial charge on any atom is 0.239 e. The van der Waals surface area contributed by atoms with Gasteiger partial charge in [0.15, 0.2) is 0 Å². The predicted octanol–water partition coefficient (Wildman–Crippen LogP) is 0.681. The molecule has 1 amide bonds. The zero-order valence-corrected chi connectivity index (χ0v) is 11.1. The third-order valence-electron chi connectivity index (χ3n) is 3.84. The molecule has 4 heteroatoms. The molecule has 2 unspecified atom stereocenters. The summed E-state index contributed by atoms with van der Waals surface area (Å²) in [6.07, 6.45) is 5.75. The van der Waals surface area contributed by atoms with Gasteiger partial charge in [0, 0.05) is 19.1 Å². The molecule has 17 heavy (non-hydrogen) atoms. The molecule has 0 saturated carbocycles. The van der Waals surface area contributed by atoms with E-state index in [0.29, 0.717) is 11.9 Å². The van der Waals surface area contributed by atoms with Crippen LogP contribution in [0, 0.1) is 0 Å². The van der Waals surface area contributed by atoms with Crippen LogP contribution in [0.3, 0.4) is 0 Å². The first-order valence-corrected chi connectivity index (χ1v) is 6.87. The molecule has 2 aliphatic rings. The second-order valence-corrected chi connectivity index (χ2v) is 5.59. The minimum atomic E-state index is 0.0894. The van der Waals surface area contributed by atoms with Gasteiger partial charge in [0.25, 0.3) is 0 Å². The van der Waals surface area contributed by atoms with Gasteiger partial charge < -0.3 is 15.1 Å². The number of amides is 1. The Morgan fingerprint density at radius 1 is 1.29 bits per heavy atom. The van der Waals surface area contributed by atoms with E-state index in [1.165, 1.54) is 12.8 Å². The van der Waals surface area contributed by atoms with E-state index in [0.717, 1.165) is 38.9 Å². The van der Waals surface area contributed by atoms with Gasteiger partial charge in [-0.15, -0.1) is 0 Å². The van der Waals surface area contributed by atoms with Gasteiger partial charge in [-0.1, -0.05) is 6.42 Å². The molecule has 2 rings (SSSR count). The summed E-state index contributed by atoms with van der Waals surface area (Å²) in [6, 6.07) is 0.521. The number of carbonyl (C=O) groups excluding carboxylic acids is 1. The first-order valence-electron chi connectivity index (χ1n) is 6.87. The van der Waals surface area contributed by atoms with E-state index in [4.69, 9.17) is 0 Å².